The molecule has 5 nitrogen and oxygen atoms in total. The Morgan fingerprint density at radius 2 is 1.95 bits per heavy atom. The van der Waals surface area contributed by atoms with Crippen LogP contribution in [0.15, 0.2) is 22.9 Å². The van der Waals surface area contributed by atoms with Gasteiger partial charge in [-0.15, -0.1) is 0 Å². The van der Waals surface area contributed by atoms with E-state index in [2.05, 4.69) is 20.9 Å². The lowest BCUT2D eigenvalue weighted by Crippen LogP contribution is -2.41. The Hall–Kier alpha value is -1.43. The van der Waals surface area contributed by atoms with Crippen LogP contribution in [0.5, 0.6) is 0 Å². The maximum absolute atomic E-state index is 12.1. The van der Waals surface area contributed by atoms with E-state index in [0.29, 0.717) is 23.3 Å². The van der Waals surface area contributed by atoms with E-state index >= 15 is 0 Å². The van der Waals surface area contributed by atoms with Crippen molar-refractivity contribution in [1.29, 1.82) is 0 Å². The van der Waals surface area contributed by atoms with Crippen LogP contribution in [0.1, 0.15) is 24.2 Å². The van der Waals surface area contributed by atoms with Crippen LogP contribution in [0.4, 0.5) is 0 Å². The van der Waals surface area contributed by atoms with Gasteiger partial charge in [0.1, 0.15) is 4.60 Å². The Labute approximate surface area is 121 Å². The third-order valence-corrected chi connectivity index (χ3v) is 3.24. The van der Waals surface area contributed by atoms with E-state index < -0.39 is 0 Å². The number of carbonyl (C=O) groups is 2. The van der Waals surface area contributed by atoms with Crippen LogP contribution in [0.3, 0.4) is 0 Å². The molecule has 0 aliphatic rings. The van der Waals surface area contributed by atoms with Crippen LogP contribution in [-0.4, -0.2) is 53.3 Å². The van der Waals surface area contributed by atoms with Crippen molar-refractivity contribution in [2.75, 3.05) is 26.7 Å². The van der Waals surface area contributed by atoms with Crippen LogP contribution in [-0.2, 0) is 4.79 Å². The van der Waals surface area contributed by atoms with Gasteiger partial charge in [0.15, 0.2) is 0 Å². The summed E-state index contributed by atoms with van der Waals surface area (Å²) >= 11 is 3.22. The summed E-state index contributed by atoms with van der Waals surface area (Å²) in [5.41, 5.74) is 0.511. The van der Waals surface area contributed by atoms with E-state index in [1.807, 2.05) is 13.8 Å². The molecule has 2 amide bonds. The quantitative estimate of drug-likeness (QED) is 0.775. The van der Waals surface area contributed by atoms with Gasteiger partial charge >= 0.3 is 0 Å². The highest BCUT2D eigenvalue weighted by atomic mass is 79.9. The number of carbonyl (C=O) groups excluding carboxylic acids is 2. The van der Waals surface area contributed by atoms with Crippen molar-refractivity contribution in [3.63, 3.8) is 0 Å². The lowest BCUT2D eigenvalue weighted by Gasteiger charge is -2.23. The number of aromatic nitrogens is 1. The SMILES string of the molecule is CCN(CC)C(=O)CN(C)C(=O)c1ccnc(Br)c1. The summed E-state index contributed by atoms with van der Waals surface area (Å²) in [6, 6.07) is 3.27. The average Bonchev–Trinajstić information content (AvgIpc) is 2.39. The van der Waals surface area contributed by atoms with Crippen molar-refractivity contribution >= 4 is 27.7 Å². The molecule has 104 valence electrons. The molecule has 6 heteroatoms. The lowest BCUT2D eigenvalue weighted by atomic mass is 10.2. The highest BCUT2D eigenvalue weighted by Gasteiger charge is 2.17. The van der Waals surface area contributed by atoms with Crippen molar-refractivity contribution in [2.24, 2.45) is 0 Å². The van der Waals surface area contributed by atoms with Crippen molar-refractivity contribution in [1.82, 2.24) is 14.8 Å². The second-order valence-electron chi connectivity index (χ2n) is 4.09. The van der Waals surface area contributed by atoms with Crippen molar-refractivity contribution in [3.8, 4) is 0 Å². The second-order valence-corrected chi connectivity index (χ2v) is 4.91. The minimum absolute atomic E-state index is 0.0472. The fourth-order valence-electron chi connectivity index (χ4n) is 1.71. The van der Waals surface area contributed by atoms with Gasteiger partial charge in [0, 0.05) is 31.9 Å². The van der Waals surface area contributed by atoms with Crippen LogP contribution in [0, 0.1) is 0 Å². The number of pyridine rings is 1. The summed E-state index contributed by atoms with van der Waals surface area (Å²) in [6.07, 6.45) is 1.55. The number of rotatable bonds is 5. The van der Waals surface area contributed by atoms with Gasteiger partial charge in [-0.05, 0) is 41.9 Å². The van der Waals surface area contributed by atoms with Gasteiger partial charge in [-0.3, -0.25) is 9.59 Å². The number of hydrogen-bond donors (Lipinski definition) is 0. The highest BCUT2D eigenvalue weighted by molar-refractivity contribution is 9.10. The Bertz CT molecular complexity index is 461. The van der Waals surface area contributed by atoms with E-state index in [1.165, 1.54) is 4.90 Å². The number of halogens is 1. The maximum atomic E-state index is 12.1. The summed E-state index contributed by atoms with van der Waals surface area (Å²) in [6.45, 7) is 5.23. The first-order chi connectivity index (χ1) is 8.99. The summed E-state index contributed by atoms with van der Waals surface area (Å²) in [5, 5.41) is 0. The third kappa shape index (κ3) is 4.31. The normalized spacial score (nSPS) is 10.1. The molecular weight excluding hydrogens is 310 g/mol. The zero-order valence-corrected chi connectivity index (χ0v) is 13.0. The predicted molar refractivity (Wildman–Crippen MR) is 76.8 cm³/mol. The molecule has 0 aliphatic heterocycles. The van der Waals surface area contributed by atoms with Gasteiger partial charge in [-0.2, -0.15) is 0 Å². The fourth-order valence-corrected chi connectivity index (χ4v) is 2.07. The molecule has 0 N–H and O–H groups in total. The molecule has 0 unspecified atom stereocenters. The Morgan fingerprint density at radius 1 is 1.32 bits per heavy atom. The predicted octanol–water partition coefficient (Wildman–Crippen LogP) is 1.78. The van der Waals surface area contributed by atoms with E-state index in [1.54, 1.807) is 30.3 Å². The topological polar surface area (TPSA) is 53.5 Å². The van der Waals surface area contributed by atoms with Gasteiger partial charge in [0.25, 0.3) is 5.91 Å². The first kappa shape index (κ1) is 15.6. The van der Waals surface area contributed by atoms with E-state index in [4.69, 9.17) is 0 Å². The van der Waals surface area contributed by atoms with Crippen LogP contribution < -0.4 is 0 Å². The van der Waals surface area contributed by atoms with Gasteiger partial charge in [-0.25, -0.2) is 4.98 Å². The Balaban J connectivity index is 2.70. The molecule has 0 aliphatic carbocycles. The second kappa shape index (κ2) is 7.23. The van der Waals surface area contributed by atoms with Crippen LogP contribution in [0.25, 0.3) is 0 Å². The molecule has 19 heavy (non-hydrogen) atoms. The standard InChI is InChI=1S/C13H18BrN3O2/c1-4-17(5-2)12(18)9-16(3)13(19)10-6-7-15-11(14)8-10/h6-8H,4-5,9H2,1-3H3. The molecule has 0 fully saturated rings. The van der Waals surface area contributed by atoms with Crippen molar-refractivity contribution < 1.29 is 9.59 Å². The maximum Gasteiger partial charge on any atom is 0.254 e. The molecule has 1 heterocycles. The Morgan fingerprint density at radius 3 is 2.47 bits per heavy atom. The summed E-state index contributed by atoms with van der Waals surface area (Å²) in [5.74, 6) is -0.238. The molecular formula is C13H18BrN3O2. The van der Waals surface area contributed by atoms with Gasteiger partial charge in [0.2, 0.25) is 5.91 Å². The van der Waals surface area contributed by atoms with Crippen LogP contribution in [0.2, 0.25) is 0 Å². The van der Waals surface area contributed by atoms with Crippen molar-refractivity contribution in [3.05, 3.63) is 28.5 Å². The molecule has 0 atom stereocenters. The molecule has 0 saturated heterocycles. The van der Waals surface area contributed by atoms with Gasteiger partial charge in [0.05, 0.1) is 6.54 Å². The molecule has 0 saturated carbocycles. The lowest BCUT2D eigenvalue weighted by molar-refractivity contribution is -0.131. The fraction of sp³-hybridized carbons (Fsp3) is 0.462. The number of nitrogens with zero attached hydrogens (tertiary/aromatic N) is 3. The van der Waals surface area contributed by atoms with Gasteiger partial charge in [-0.1, -0.05) is 0 Å². The zero-order valence-electron chi connectivity index (χ0n) is 11.4. The first-order valence-electron chi connectivity index (χ1n) is 6.14. The number of hydrogen-bond acceptors (Lipinski definition) is 3. The van der Waals surface area contributed by atoms with Gasteiger partial charge < -0.3 is 9.80 Å². The van der Waals surface area contributed by atoms with E-state index in [-0.39, 0.29) is 18.4 Å². The molecule has 0 spiro atoms. The van der Waals surface area contributed by atoms with Crippen LogP contribution >= 0.6 is 15.9 Å². The summed E-state index contributed by atoms with van der Waals surface area (Å²) in [7, 11) is 1.62. The molecule has 0 radical (unpaired) electrons. The number of likely N-dealkylation sites (N-methyl/N-ethyl adjacent to an activating group) is 2. The minimum atomic E-state index is -0.191. The molecule has 1 aromatic heterocycles. The first-order valence-corrected chi connectivity index (χ1v) is 6.93. The largest absolute Gasteiger partial charge is 0.342 e. The minimum Gasteiger partial charge on any atom is -0.342 e. The van der Waals surface area contributed by atoms with Crippen molar-refractivity contribution in [2.45, 2.75) is 13.8 Å². The van der Waals surface area contributed by atoms with E-state index in [9.17, 15) is 9.59 Å². The molecule has 1 rings (SSSR count). The third-order valence-electron chi connectivity index (χ3n) is 2.81. The average molecular weight is 328 g/mol. The summed E-state index contributed by atoms with van der Waals surface area (Å²) in [4.78, 5) is 31.2. The van der Waals surface area contributed by atoms with E-state index in [0.717, 1.165) is 0 Å². The zero-order chi connectivity index (χ0) is 14.4. The number of amides is 2. The molecule has 0 aromatic carbocycles. The molecule has 0 bridgehead atoms. The monoisotopic (exact) mass is 327 g/mol. The highest BCUT2D eigenvalue weighted by Crippen LogP contribution is 2.10. The molecule has 1 aromatic rings. The summed E-state index contributed by atoms with van der Waals surface area (Å²) < 4.78 is 0.599. The Kier molecular flexibility index (Phi) is 5.95. The smallest absolute Gasteiger partial charge is 0.254 e.